The van der Waals surface area contributed by atoms with Gasteiger partial charge in [0.2, 0.25) is 5.91 Å². The van der Waals surface area contributed by atoms with Gasteiger partial charge in [-0.05, 0) is 35.1 Å². The van der Waals surface area contributed by atoms with Crippen LogP contribution in [0, 0.1) is 5.92 Å². The number of carbonyl (C=O) groups excluding carboxylic acids is 2. The molecule has 2 fully saturated rings. The second-order valence-corrected chi connectivity index (χ2v) is 9.78. The number of hydrogen-bond acceptors (Lipinski definition) is 5. The van der Waals surface area contributed by atoms with Gasteiger partial charge in [0, 0.05) is 37.9 Å². The summed E-state index contributed by atoms with van der Waals surface area (Å²) in [6.45, 7) is 0.594. The van der Waals surface area contributed by atoms with E-state index in [9.17, 15) is 24.6 Å². The molecule has 0 radical (unpaired) electrons. The minimum Gasteiger partial charge on any atom is -0.479 e. The monoisotopic (exact) mass is 478 g/mol. The molecule has 8 nitrogen and oxygen atoms in total. The van der Waals surface area contributed by atoms with Gasteiger partial charge in [0.05, 0.1) is 5.92 Å². The Balaban J connectivity index is 1.18. The smallest absolute Gasteiger partial charge is 0.407 e. The summed E-state index contributed by atoms with van der Waals surface area (Å²) in [5.74, 6) is -1.75. The van der Waals surface area contributed by atoms with E-state index in [2.05, 4.69) is 29.6 Å². The fourth-order valence-corrected chi connectivity index (χ4v) is 5.77. The fraction of sp³-hybridized carbons (Fsp3) is 0.444. The molecule has 1 aliphatic heterocycles. The third kappa shape index (κ3) is 4.38. The maximum Gasteiger partial charge on any atom is 0.407 e. The molecule has 3 N–H and O–H groups in total. The highest BCUT2D eigenvalue weighted by Crippen LogP contribution is 2.44. The summed E-state index contributed by atoms with van der Waals surface area (Å²) < 4.78 is 5.66. The summed E-state index contributed by atoms with van der Waals surface area (Å²) in [7, 11) is 0. The Labute approximate surface area is 203 Å². The number of carbonyl (C=O) groups is 3. The van der Waals surface area contributed by atoms with Gasteiger partial charge in [-0.1, -0.05) is 55.0 Å². The van der Waals surface area contributed by atoms with Gasteiger partial charge in [0.1, 0.15) is 6.61 Å². The van der Waals surface area contributed by atoms with Crippen LogP contribution >= 0.6 is 0 Å². The first-order valence-electron chi connectivity index (χ1n) is 12.2. The van der Waals surface area contributed by atoms with Crippen molar-refractivity contribution in [2.45, 2.75) is 49.7 Å². The highest BCUT2D eigenvalue weighted by atomic mass is 16.5. The summed E-state index contributed by atoms with van der Waals surface area (Å²) in [6.07, 6.45) is 1.64. The van der Waals surface area contributed by atoms with Crippen LogP contribution < -0.4 is 5.32 Å². The second kappa shape index (κ2) is 9.34. The van der Waals surface area contributed by atoms with Crippen molar-refractivity contribution in [3.63, 3.8) is 0 Å². The molecule has 1 heterocycles. The van der Waals surface area contributed by atoms with E-state index >= 15 is 0 Å². The van der Waals surface area contributed by atoms with Crippen LogP contribution in [0.15, 0.2) is 48.5 Å². The number of aliphatic hydroxyl groups is 1. The SMILES string of the molecule is O=C(N[C@H]1CCC[C@H]1C(=O)N1CCC(O)(C(=O)O)CC1)OCC1c2ccccc2-c2ccccc21. The summed E-state index contributed by atoms with van der Waals surface area (Å²) in [5.41, 5.74) is 2.83. The molecule has 1 saturated carbocycles. The first-order valence-corrected chi connectivity index (χ1v) is 12.2. The van der Waals surface area contributed by atoms with Crippen molar-refractivity contribution in [3.05, 3.63) is 59.7 Å². The zero-order valence-electron chi connectivity index (χ0n) is 19.5. The summed E-state index contributed by atoms with van der Waals surface area (Å²) in [5, 5.41) is 22.2. The number of benzene rings is 2. The lowest BCUT2D eigenvalue weighted by Crippen LogP contribution is -2.53. The Kier molecular flexibility index (Phi) is 6.23. The van der Waals surface area contributed by atoms with Gasteiger partial charge in [0.25, 0.3) is 0 Å². The van der Waals surface area contributed by atoms with Gasteiger partial charge in [-0.2, -0.15) is 0 Å². The molecule has 2 aromatic rings. The van der Waals surface area contributed by atoms with E-state index in [0.29, 0.717) is 12.8 Å². The molecule has 2 atom stereocenters. The maximum atomic E-state index is 13.1. The van der Waals surface area contributed by atoms with E-state index in [0.717, 1.165) is 28.7 Å². The molecule has 0 aromatic heterocycles. The van der Waals surface area contributed by atoms with Crippen molar-refractivity contribution in [1.29, 1.82) is 0 Å². The number of rotatable bonds is 5. The van der Waals surface area contributed by atoms with Crippen LogP contribution in [0.2, 0.25) is 0 Å². The number of fused-ring (bicyclic) bond motifs is 3. The molecule has 1 saturated heterocycles. The Bertz CT molecular complexity index is 1090. The minimum absolute atomic E-state index is 0.00523. The van der Waals surface area contributed by atoms with Gasteiger partial charge in [-0.3, -0.25) is 4.79 Å². The number of carboxylic acids is 1. The molecular formula is C27H30N2O6. The van der Waals surface area contributed by atoms with E-state index in [1.54, 1.807) is 4.90 Å². The van der Waals surface area contributed by atoms with Crippen LogP contribution in [0.1, 0.15) is 49.1 Å². The quantitative estimate of drug-likeness (QED) is 0.608. The Morgan fingerprint density at radius 1 is 0.971 bits per heavy atom. The normalized spacial score (nSPS) is 22.8. The number of alkyl carbamates (subject to hydrolysis) is 1. The minimum atomic E-state index is -1.77. The average Bonchev–Trinajstić information content (AvgIpc) is 3.45. The lowest BCUT2D eigenvalue weighted by Gasteiger charge is -2.37. The number of nitrogens with one attached hydrogen (secondary N) is 1. The van der Waals surface area contributed by atoms with E-state index < -0.39 is 17.7 Å². The Hall–Kier alpha value is -3.39. The van der Waals surface area contributed by atoms with E-state index in [4.69, 9.17) is 4.74 Å². The number of nitrogens with zero attached hydrogens (tertiary/aromatic N) is 1. The Morgan fingerprint density at radius 2 is 1.57 bits per heavy atom. The summed E-state index contributed by atoms with van der Waals surface area (Å²) in [4.78, 5) is 38.7. The molecule has 2 aromatic carbocycles. The zero-order chi connectivity index (χ0) is 24.6. The lowest BCUT2D eigenvalue weighted by atomic mass is 9.90. The number of amides is 2. The Morgan fingerprint density at radius 3 is 2.17 bits per heavy atom. The van der Waals surface area contributed by atoms with Gasteiger partial charge >= 0.3 is 12.1 Å². The van der Waals surface area contributed by atoms with E-state index in [1.807, 2.05) is 24.3 Å². The van der Waals surface area contributed by atoms with Crippen LogP contribution in [-0.4, -0.2) is 64.4 Å². The maximum absolute atomic E-state index is 13.1. The number of likely N-dealkylation sites (tertiary alicyclic amines) is 1. The number of hydrogen-bond donors (Lipinski definition) is 3. The lowest BCUT2D eigenvalue weighted by molar-refractivity contribution is -0.166. The molecule has 35 heavy (non-hydrogen) atoms. The molecule has 3 aliphatic rings. The third-order valence-corrected chi connectivity index (χ3v) is 7.78. The van der Waals surface area contributed by atoms with Crippen LogP contribution in [0.4, 0.5) is 4.79 Å². The molecule has 2 amide bonds. The topological polar surface area (TPSA) is 116 Å². The second-order valence-electron chi connectivity index (χ2n) is 9.78. The largest absolute Gasteiger partial charge is 0.479 e. The van der Waals surface area contributed by atoms with Gasteiger partial charge in [-0.15, -0.1) is 0 Å². The molecule has 184 valence electrons. The summed E-state index contributed by atoms with van der Waals surface area (Å²) in [6, 6.07) is 16.0. The fourth-order valence-electron chi connectivity index (χ4n) is 5.77. The molecule has 2 aliphatic carbocycles. The van der Waals surface area contributed by atoms with Crippen molar-refractivity contribution in [3.8, 4) is 11.1 Å². The molecule has 0 spiro atoms. The number of ether oxygens (including phenoxy) is 1. The zero-order valence-corrected chi connectivity index (χ0v) is 19.5. The molecule has 0 unspecified atom stereocenters. The van der Waals surface area contributed by atoms with Crippen molar-refractivity contribution in [1.82, 2.24) is 10.2 Å². The van der Waals surface area contributed by atoms with Crippen LogP contribution in [-0.2, 0) is 14.3 Å². The third-order valence-electron chi connectivity index (χ3n) is 7.78. The first kappa shape index (κ1) is 23.4. The van der Waals surface area contributed by atoms with Crippen molar-refractivity contribution in [2.24, 2.45) is 5.92 Å². The predicted molar refractivity (Wildman–Crippen MR) is 128 cm³/mol. The van der Waals surface area contributed by atoms with Crippen LogP contribution in [0.25, 0.3) is 11.1 Å². The van der Waals surface area contributed by atoms with Gasteiger partial charge in [0.15, 0.2) is 5.60 Å². The molecular weight excluding hydrogens is 448 g/mol. The molecule has 8 heteroatoms. The van der Waals surface area contributed by atoms with Crippen molar-refractivity contribution in [2.75, 3.05) is 19.7 Å². The van der Waals surface area contributed by atoms with Crippen molar-refractivity contribution < 1.29 is 29.3 Å². The highest BCUT2D eigenvalue weighted by Gasteiger charge is 2.43. The van der Waals surface area contributed by atoms with Gasteiger partial charge in [-0.25, -0.2) is 9.59 Å². The van der Waals surface area contributed by atoms with Gasteiger partial charge < -0.3 is 25.2 Å². The van der Waals surface area contributed by atoms with E-state index in [1.165, 1.54) is 0 Å². The van der Waals surface area contributed by atoms with Crippen molar-refractivity contribution >= 4 is 18.0 Å². The van der Waals surface area contributed by atoms with Crippen LogP contribution in [0.3, 0.4) is 0 Å². The summed E-state index contributed by atoms with van der Waals surface area (Å²) >= 11 is 0. The number of aliphatic carboxylic acids is 1. The number of carboxylic acid groups (broad SMARTS) is 1. The molecule has 5 rings (SSSR count). The predicted octanol–water partition coefficient (Wildman–Crippen LogP) is 3.13. The van der Waals surface area contributed by atoms with E-state index in [-0.39, 0.29) is 56.3 Å². The number of piperidine rings is 1. The molecule has 0 bridgehead atoms. The standard InChI is InChI=1S/C27H30N2O6/c30-24(29-14-12-27(34,13-15-29)25(31)32)21-10-5-11-23(21)28-26(33)35-16-22-19-8-3-1-6-17(19)18-7-2-4-9-20(18)22/h1-4,6-9,21-23,34H,5,10-16H2,(H,28,33)(H,31,32)/t21-,23+/m1/s1. The first-order chi connectivity index (χ1) is 16.9. The highest BCUT2D eigenvalue weighted by molar-refractivity contribution is 5.82. The average molecular weight is 479 g/mol. The van der Waals surface area contributed by atoms with Crippen LogP contribution in [0.5, 0.6) is 0 Å².